The van der Waals surface area contributed by atoms with E-state index in [9.17, 15) is 28.1 Å². The molecule has 0 unspecified atom stereocenters. The summed E-state index contributed by atoms with van der Waals surface area (Å²) in [5.41, 5.74) is -0.324. The molecule has 0 aromatic heterocycles. The molecule has 10 heteroatoms. The summed E-state index contributed by atoms with van der Waals surface area (Å²) in [6, 6.07) is 12.4. The number of halogens is 3. The third-order valence-electron chi connectivity index (χ3n) is 5.16. The first-order chi connectivity index (χ1) is 14.7. The van der Waals surface area contributed by atoms with Crippen molar-refractivity contribution in [3.63, 3.8) is 0 Å². The lowest BCUT2D eigenvalue weighted by Crippen LogP contribution is -2.49. The average Bonchev–Trinajstić information content (AvgIpc) is 2.74. The van der Waals surface area contributed by atoms with Gasteiger partial charge >= 0.3 is 6.18 Å². The topological polar surface area (TPSA) is 78.7 Å². The monoisotopic (exact) mass is 436 g/mol. The number of carbonyl (C=O) groups is 1. The van der Waals surface area contributed by atoms with Gasteiger partial charge in [-0.25, -0.2) is 0 Å². The number of nitro benzene ring substituents is 1. The number of nitro groups is 1. The maximum absolute atomic E-state index is 12.9. The molecule has 31 heavy (non-hydrogen) atoms. The third-order valence-corrected chi connectivity index (χ3v) is 5.16. The minimum absolute atomic E-state index is 0.107. The van der Waals surface area contributed by atoms with Crippen LogP contribution in [0.1, 0.15) is 11.1 Å². The summed E-state index contributed by atoms with van der Waals surface area (Å²) in [5.74, 6) is -0.107. The molecule has 1 N–H and O–H groups in total. The van der Waals surface area contributed by atoms with E-state index in [2.05, 4.69) is 5.32 Å². The predicted octanol–water partition coefficient (Wildman–Crippen LogP) is 3.09. The second-order valence-corrected chi connectivity index (χ2v) is 7.31. The van der Waals surface area contributed by atoms with E-state index in [1.54, 1.807) is 4.90 Å². The van der Waals surface area contributed by atoms with E-state index in [0.29, 0.717) is 38.8 Å². The number of piperazine rings is 1. The zero-order valence-corrected chi connectivity index (χ0v) is 16.8. The Balaban J connectivity index is 1.51. The van der Waals surface area contributed by atoms with E-state index >= 15 is 0 Å². The van der Waals surface area contributed by atoms with Gasteiger partial charge in [-0.1, -0.05) is 30.3 Å². The Morgan fingerprint density at radius 3 is 2.35 bits per heavy atom. The van der Waals surface area contributed by atoms with Gasteiger partial charge in [0.1, 0.15) is 5.69 Å². The molecule has 1 amide bonds. The van der Waals surface area contributed by atoms with E-state index in [1.165, 1.54) is 0 Å². The van der Waals surface area contributed by atoms with Crippen molar-refractivity contribution >= 4 is 17.3 Å². The molecule has 1 aliphatic heterocycles. The molecule has 0 spiro atoms. The van der Waals surface area contributed by atoms with Crippen molar-refractivity contribution in [1.29, 1.82) is 0 Å². The molecular weight excluding hydrogens is 413 g/mol. The standard InChI is InChI=1S/C21H23F3N4O3/c22-21(23,24)17-6-7-18(19(14-17)28(30)31)27-12-10-26(11-13-27)15-20(29)25-9-8-16-4-2-1-3-5-16/h1-7,14H,8-13,15H2,(H,25,29). The van der Waals surface area contributed by atoms with Crippen molar-refractivity contribution in [1.82, 2.24) is 10.2 Å². The van der Waals surface area contributed by atoms with Crippen LogP contribution in [-0.4, -0.2) is 55.0 Å². The summed E-state index contributed by atoms with van der Waals surface area (Å²) < 4.78 is 38.6. The largest absolute Gasteiger partial charge is 0.416 e. The van der Waals surface area contributed by atoms with Gasteiger partial charge in [0.15, 0.2) is 0 Å². The van der Waals surface area contributed by atoms with Gasteiger partial charge < -0.3 is 10.2 Å². The molecule has 0 aliphatic carbocycles. The molecule has 7 nitrogen and oxygen atoms in total. The van der Waals surface area contributed by atoms with E-state index < -0.39 is 22.4 Å². The first kappa shape index (κ1) is 22.5. The number of nitrogens with one attached hydrogen (secondary N) is 1. The van der Waals surface area contributed by atoms with Gasteiger partial charge in [0.2, 0.25) is 5.91 Å². The third kappa shape index (κ3) is 6.17. The minimum atomic E-state index is -4.64. The summed E-state index contributed by atoms with van der Waals surface area (Å²) >= 11 is 0. The zero-order chi connectivity index (χ0) is 22.4. The smallest absolute Gasteiger partial charge is 0.363 e. The predicted molar refractivity (Wildman–Crippen MR) is 110 cm³/mol. The highest BCUT2D eigenvalue weighted by Crippen LogP contribution is 2.36. The van der Waals surface area contributed by atoms with Gasteiger partial charge in [-0.3, -0.25) is 19.8 Å². The second-order valence-electron chi connectivity index (χ2n) is 7.31. The van der Waals surface area contributed by atoms with Gasteiger partial charge in [0.05, 0.1) is 17.0 Å². The molecule has 2 aromatic rings. The van der Waals surface area contributed by atoms with Gasteiger partial charge in [-0.05, 0) is 24.1 Å². The van der Waals surface area contributed by atoms with Crippen molar-refractivity contribution in [3.8, 4) is 0 Å². The molecule has 1 fully saturated rings. The number of nitrogens with zero attached hydrogens (tertiary/aromatic N) is 3. The van der Waals surface area contributed by atoms with Crippen LogP contribution in [0.2, 0.25) is 0 Å². The van der Waals surface area contributed by atoms with Crippen molar-refractivity contribution in [3.05, 3.63) is 69.8 Å². The summed E-state index contributed by atoms with van der Waals surface area (Å²) in [4.78, 5) is 26.3. The lowest BCUT2D eigenvalue weighted by atomic mass is 10.1. The number of hydrogen-bond acceptors (Lipinski definition) is 5. The summed E-state index contributed by atoms with van der Waals surface area (Å²) in [5, 5.41) is 14.2. The average molecular weight is 436 g/mol. The van der Waals surface area contributed by atoms with Crippen LogP contribution in [0.25, 0.3) is 0 Å². The maximum Gasteiger partial charge on any atom is 0.416 e. The number of benzene rings is 2. The van der Waals surface area contributed by atoms with E-state index in [-0.39, 0.29) is 18.1 Å². The molecule has 0 radical (unpaired) electrons. The first-order valence-electron chi connectivity index (χ1n) is 9.87. The van der Waals surface area contributed by atoms with Crippen LogP contribution in [0.4, 0.5) is 24.5 Å². The minimum Gasteiger partial charge on any atom is -0.363 e. The SMILES string of the molecule is O=C(CN1CCN(c2ccc(C(F)(F)F)cc2[N+](=O)[O-])CC1)NCCc1ccccc1. The fourth-order valence-electron chi connectivity index (χ4n) is 3.51. The highest BCUT2D eigenvalue weighted by atomic mass is 19.4. The van der Waals surface area contributed by atoms with Crippen LogP contribution in [-0.2, 0) is 17.4 Å². The first-order valence-corrected chi connectivity index (χ1v) is 9.87. The van der Waals surface area contributed by atoms with E-state index in [1.807, 2.05) is 35.2 Å². The Morgan fingerprint density at radius 2 is 1.74 bits per heavy atom. The lowest BCUT2D eigenvalue weighted by molar-refractivity contribution is -0.384. The van der Waals surface area contributed by atoms with Crippen LogP contribution in [0.15, 0.2) is 48.5 Å². The van der Waals surface area contributed by atoms with Crippen LogP contribution in [0, 0.1) is 10.1 Å². The molecule has 1 aliphatic rings. The Hall–Kier alpha value is -3.14. The molecular formula is C21H23F3N4O3. The zero-order valence-electron chi connectivity index (χ0n) is 16.8. The molecule has 2 aromatic carbocycles. The van der Waals surface area contributed by atoms with Crippen LogP contribution >= 0.6 is 0 Å². The summed E-state index contributed by atoms with van der Waals surface area (Å²) in [6.45, 7) is 2.44. The number of hydrogen-bond donors (Lipinski definition) is 1. The van der Waals surface area contributed by atoms with Crippen LogP contribution in [0.3, 0.4) is 0 Å². The number of amides is 1. The summed E-state index contributed by atoms with van der Waals surface area (Å²) in [7, 11) is 0. The van der Waals surface area contributed by atoms with Crippen LogP contribution in [0.5, 0.6) is 0 Å². The normalized spacial score (nSPS) is 15.0. The number of alkyl halides is 3. The van der Waals surface area contributed by atoms with Gasteiger partial charge in [0.25, 0.3) is 5.69 Å². The van der Waals surface area contributed by atoms with Gasteiger partial charge in [0, 0.05) is 38.8 Å². The lowest BCUT2D eigenvalue weighted by Gasteiger charge is -2.35. The fraction of sp³-hybridized carbons (Fsp3) is 0.381. The Bertz CT molecular complexity index is 914. The van der Waals surface area contributed by atoms with Crippen molar-refractivity contribution in [2.75, 3.05) is 44.2 Å². The quantitative estimate of drug-likeness (QED) is 0.533. The maximum atomic E-state index is 12.9. The van der Waals surface area contributed by atoms with Crippen molar-refractivity contribution in [2.45, 2.75) is 12.6 Å². The van der Waals surface area contributed by atoms with Crippen molar-refractivity contribution < 1.29 is 22.9 Å². The van der Waals surface area contributed by atoms with Gasteiger partial charge in [-0.15, -0.1) is 0 Å². The fourth-order valence-corrected chi connectivity index (χ4v) is 3.51. The van der Waals surface area contributed by atoms with Crippen LogP contribution < -0.4 is 10.2 Å². The van der Waals surface area contributed by atoms with E-state index in [4.69, 9.17) is 0 Å². The number of carbonyl (C=O) groups excluding carboxylic acids is 1. The molecule has 0 atom stereocenters. The summed E-state index contributed by atoms with van der Waals surface area (Å²) in [6.07, 6.45) is -3.91. The second kappa shape index (κ2) is 9.78. The highest BCUT2D eigenvalue weighted by Gasteiger charge is 2.34. The molecule has 1 heterocycles. The Labute approximate surface area is 177 Å². The Morgan fingerprint density at radius 1 is 1.06 bits per heavy atom. The van der Waals surface area contributed by atoms with Gasteiger partial charge in [-0.2, -0.15) is 13.2 Å². The highest BCUT2D eigenvalue weighted by molar-refractivity contribution is 5.78. The molecule has 166 valence electrons. The molecule has 1 saturated heterocycles. The number of anilines is 1. The Kier molecular flexibility index (Phi) is 7.11. The van der Waals surface area contributed by atoms with Crippen molar-refractivity contribution in [2.24, 2.45) is 0 Å². The molecule has 0 saturated carbocycles. The molecule has 3 rings (SSSR count). The molecule has 0 bridgehead atoms. The van der Waals surface area contributed by atoms with E-state index in [0.717, 1.165) is 24.1 Å². The number of rotatable bonds is 7.